The monoisotopic (exact) mass is 466 g/mol. The Morgan fingerprint density at radius 3 is 2.26 bits per heavy atom. The van der Waals surface area contributed by atoms with Gasteiger partial charge in [0.1, 0.15) is 17.5 Å². The molecule has 0 heterocycles. The first-order chi connectivity index (χ1) is 14.7. The fourth-order valence-corrected chi connectivity index (χ4v) is 3.24. The number of amides is 2. The van der Waals surface area contributed by atoms with Crippen molar-refractivity contribution in [3.63, 3.8) is 0 Å². The SMILES string of the molecule is COc1ccc(OCC(=O)N(Cc2ccc(Cl)cc2Cl)C(C)C(=O)NCC(C)C)cc1. The molecule has 0 bridgehead atoms. The van der Waals surface area contributed by atoms with E-state index in [1.807, 2.05) is 13.8 Å². The molecular formula is C23H28Cl2N2O4. The van der Waals surface area contributed by atoms with Gasteiger partial charge in [-0.05, 0) is 54.8 Å². The molecule has 1 atom stereocenters. The summed E-state index contributed by atoms with van der Waals surface area (Å²) in [5.41, 5.74) is 0.687. The third kappa shape index (κ3) is 7.64. The van der Waals surface area contributed by atoms with Gasteiger partial charge in [0.2, 0.25) is 5.91 Å². The van der Waals surface area contributed by atoms with Gasteiger partial charge in [-0.3, -0.25) is 9.59 Å². The van der Waals surface area contributed by atoms with Crippen LogP contribution >= 0.6 is 23.2 Å². The number of halogens is 2. The minimum absolute atomic E-state index is 0.150. The van der Waals surface area contributed by atoms with Crippen molar-refractivity contribution >= 4 is 35.0 Å². The Morgan fingerprint density at radius 1 is 1.03 bits per heavy atom. The summed E-state index contributed by atoms with van der Waals surface area (Å²) in [4.78, 5) is 27.1. The molecule has 168 valence electrons. The molecule has 2 aromatic rings. The Hall–Kier alpha value is -2.44. The molecule has 0 fully saturated rings. The van der Waals surface area contributed by atoms with Gasteiger partial charge in [0.05, 0.1) is 7.11 Å². The summed E-state index contributed by atoms with van der Waals surface area (Å²) in [6, 6.07) is 11.3. The van der Waals surface area contributed by atoms with Crippen LogP contribution in [0.25, 0.3) is 0 Å². The normalized spacial score (nSPS) is 11.7. The largest absolute Gasteiger partial charge is 0.497 e. The van der Waals surface area contributed by atoms with Crippen molar-refractivity contribution in [2.75, 3.05) is 20.3 Å². The van der Waals surface area contributed by atoms with Crippen molar-refractivity contribution in [3.8, 4) is 11.5 Å². The molecule has 2 rings (SSSR count). The topological polar surface area (TPSA) is 67.9 Å². The van der Waals surface area contributed by atoms with Gasteiger partial charge in [-0.2, -0.15) is 0 Å². The maximum Gasteiger partial charge on any atom is 0.261 e. The van der Waals surface area contributed by atoms with E-state index in [1.54, 1.807) is 56.5 Å². The molecular weight excluding hydrogens is 439 g/mol. The third-order valence-electron chi connectivity index (χ3n) is 4.63. The van der Waals surface area contributed by atoms with E-state index in [2.05, 4.69) is 5.32 Å². The maximum absolute atomic E-state index is 13.0. The number of benzene rings is 2. The molecule has 2 aromatic carbocycles. The first kappa shape index (κ1) is 24.8. The van der Waals surface area contributed by atoms with E-state index in [4.69, 9.17) is 32.7 Å². The summed E-state index contributed by atoms with van der Waals surface area (Å²) in [5.74, 6) is 0.929. The Morgan fingerprint density at radius 2 is 1.68 bits per heavy atom. The van der Waals surface area contributed by atoms with Crippen LogP contribution in [0.3, 0.4) is 0 Å². The summed E-state index contributed by atoms with van der Waals surface area (Å²) >= 11 is 12.3. The average Bonchev–Trinajstić information content (AvgIpc) is 2.75. The van der Waals surface area contributed by atoms with Crippen molar-refractivity contribution in [1.82, 2.24) is 10.2 Å². The predicted molar refractivity (Wildman–Crippen MR) is 123 cm³/mol. The van der Waals surface area contributed by atoms with E-state index in [-0.39, 0.29) is 25.0 Å². The zero-order chi connectivity index (χ0) is 23.0. The van der Waals surface area contributed by atoms with Crippen LogP contribution in [0.4, 0.5) is 0 Å². The van der Waals surface area contributed by atoms with Crippen molar-refractivity contribution in [3.05, 3.63) is 58.1 Å². The second kappa shape index (κ2) is 11.8. The highest BCUT2D eigenvalue weighted by Crippen LogP contribution is 2.23. The van der Waals surface area contributed by atoms with E-state index in [1.165, 1.54) is 4.90 Å². The summed E-state index contributed by atoms with van der Waals surface area (Å²) in [5, 5.41) is 3.80. The maximum atomic E-state index is 13.0. The standard InChI is InChI=1S/C23H28Cl2N2O4/c1-15(2)12-26-23(29)16(3)27(13-17-5-6-18(24)11-21(17)25)22(28)14-31-20-9-7-19(30-4)8-10-20/h5-11,15-16H,12-14H2,1-4H3,(H,26,29). The van der Waals surface area contributed by atoms with Gasteiger partial charge in [0, 0.05) is 23.1 Å². The molecule has 8 heteroatoms. The van der Waals surface area contributed by atoms with Gasteiger partial charge in [-0.1, -0.05) is 43.1 Å². The van der Waals surface area contributed by atoms with Crippen molar-refractivity contribution in [2.45, 2.75) is 33.4 Å². The Kier molecular flexibility index (Phi) is 9.46. The Bertz CT molecular complexity index is 888. The molecule has 0 radical (unpaired) electrons. The zero-order valence-corrected chi connectivity index (χ0v) is 19.7. The molecule has 6 nitrogen and oxygen atoms in total. The van der Waals surface area contributed by atoms with Crippen molar-refractivity contribution < 1.29 is 19.1 Å². The van der Waals surface area contributed by atoms with E-state index in [0.29, 0.717) is 39.6 Å². The second-order valence-electron chi connectivity index (χ2n) is 7.54. The second-order valence-corrected chi connectivity index (χ2v) is 8.38. The molecule has 0 saturated heterocycles. The minimum atomic E-state index is -0.711. The van der Waals surface area contributed by atoms with Crippen LogP contribution in [-0.4, -0.2) is 43.0 Å². The Labute approximate surface area is 193 Å². The van der Waals surface area contributed by atoms with Gasteiger partial charge in [-0.15, -0.1) is 0 Å². The molecule has 0 spiro atoms. The van der Waals surface area contributed by atoms with Crippen LogP contribution < -0.4 is 14.8 Å². The molecule has 0 aromatic heterocycles. The molecule has 2 amide bonds. The van der Waals surface area contributed by atoms with Gasteiger partial charge >= 0.3 is 0 Å². The average molecular weight is 467 g/mol. The highest BCUT2D eigenvalue weighted by atomic mass is 35.5. The predicted octanol–water partition coefficient (Wildman–Crippen LogP) is 4.57. The highest BCUT2D eigenvalue weighted by molar-refractivity contribution is 6.35. The van der Waals surface area contributed by atoms with E-state index in [0.717, 1.165) is 0 Å². The number of ether oxygens (including phenoxy) is 2. The lowest BCUT2D eigenvalue weighted by Crippen LogP contribution is -2.49. The first-order valence-corrected chi connectivity index (χ1v) is 10.7. The lowest BCUT2D eigenvalue weighted by atomic mass is 10.1. The number of carbonyl (C=O) groups excluding carboxylic acids is 2. The smallest absolute Gasteiger partial charge is 0.261 e. The molecule has 1 unspecified atom stereocenters. The fraction of sp³-hybridized carbons (Fsp3) is 0.391. The lowest BCUT2D eigenvalue weighted by Gasteiger charge is -2.29. The van der Waals surface area contributed by atoms with Crippen LogP contribution in [0, 0.1) is 5.92 Å². The Balaban J connectivity index is 2.15. The number of carbonyl (C=O) groups is 2. The third-order valence-corrected chi connectivity index (χ3v) is 5.22. The van der Waals surface area contributed by atoms with Gasteiger partial charge in [0.25, 0.3) is 5.91 Å². The van der Waals surface area contributed by atoms with Crippen LogP contribution in [-0.2, 0) is 16.1 Å². The van der Waals surface area contributed by atoms with Crippen LogP contribution in [0.1, 0.15) is 26.3 Å². The summed E-state index contributed by atoms with van der Waals surface area (Å²) in [7, 11) is 1.57. The van der Waals surface area contributed by atoms with Crippen molar-refractivity contribution in [2.24, 2.45) is 5.92 Å². The molecule has 0 saturated carbocycles. The quantitative estimate of drug-likeness (QED) is 0.556. The number of rotatable bonds is 10. The van der Waals surface area contributed by atoms with Gasteiger partial charge in [0.15, 0.2) is 6.61 Å². The summed E-state index contributed by atoms with van der Waals surface area (Å²) < 4.78 is 10.8. The van der Waals surface area contributed by atoms with Gasteiger partial charge < -0.3 is 19.7 Å². The number of nitrogens with one attached hydrogen (secondary N) is 1. The zero-order valence-electron chi connectivity index (χ0n) is 18.2. The van der Waals surface area contributed by atoms with E-state index in [9.17, 15) is 9.59 Å². The molecule has 0 aliphatic carbocycles. The minimum Gasteiger partial charge on any atom is -0.497 e. The first-order valence-electron chi connectivity index (χ1n) is 9.99. The van der Waals surface area contributed by atoms with E-state index >= 15 is 0 Å². The molecule has 0 aliphatic heterocycles. The number of hydrogen-bond acceptors (Lipinski definition) is 4. The lowest BCUT2D eigenvalue weighted by molar-refractivity contribution is -0.142. The van der Waals surface area contributed by atoms with E-state index < -0.39 is 6.04 Å². The van der Waals surface area contributed by atoms with Crippen molar-refractivity contribution in [1.29, 1.82) is 0 Å². The van der Waals surface area contributed by atoms with Crippen LogP contribution in [0.2, 0.25) is 10.0 Å². The number of hydrogen-bond donors (Lipinski definition) is 1. The fourth-order valence-electron chi connectivity index (χ4n) is 2.77. The molecule has 1 N–H and O–H groups in total. The molecule has 31 heavy (non-hydrogen) atoms. The summed E-state index contributed by atoms with van der Waals surface area (Å²) in [6.45, 7) is 6.14. The summed E-state index contributed by atoms with van der Waals surface area (Å²) in [6.07, 6.45) is 0. The number of methoxy groups -OCH3 is 1. The van der Waals surface area contributed by atoms with Crippen LogP contribution in [0.15, 0.2) is 42.5 Å². The number of nitrogens with zero attached hydrogens (tertiary/aromatic N) is 1. The van der Waals surface area contributed by atoms with Crippen LogP contribution in [0.5, 0.6) is 11.5 Å². The highest BCUT2D eigenvalue weighted by Gasteiger charge is 2.27. The van der Waals surface area contributed by atoms with Gasteiger partial charge in [-0.25, -0.2) is 0 Å². The molecule has 0 aliphatic rings.